The van der Waals surface area contributed by atoms with E-state index in [1.165, 1.54) is 5.69 Å². The lowest BCUT2D eigenvalue weighted by Crippen LogP contribution is -2.32. The minimum atomic E-state index is -0.302. The Labute approximate surface area is 166 Å². The molecule has 0 amide bonds. The third kappa shape index (κ3) is 3.22. The first-order chi connectivity index (χ1) is 14.2. The highest BCUT2D eigenvalue weighted by molar-refractivity contribution is 5.74. The van der Waals surface area contributed by atoms with E-state index in [9.17, 15) is 4.79 Å². The van der Waals surface area contributed by atoms with Gasteiger partial charge in [-0.2, -0.15) is 5.10 Å². The number of fused-ring (bicyclic) bond motifs is 2. The number of nitrogens with zero attached hydrogens (tertiary/aromatic N) is 7. The summed E-state index contributed by atoms with van der Waals surface area (Å²) in [6.07, 6.45) is 9.18. The average Bonchev–Trinajstić information content (AvgIpc) is 3.40. The maximum Gasteiger partial charge on any atom is 0.338 e. The number of aromatic nitrogens is 7. The lowest BCUT2D eigenvalue weighted by molar-refractivity contribution is -0.152. The SMILES string of the molecule is C[C@@H](C(=O)On1nnc2cccnc21)C1CCC(c2ccnc3ccnn23)CC1. The molecule has 9 heteroatoms. The van der Waals surface area contributed by atoms with E-state index in [1.54, 1.807) is 24.5 Å². The van der Waals surface area contributed by atoms with E-state index in [-0.39, 0.29) is 17.8 Å². The van der Waals surface area contributed by atoms with Gasteiger partial charge >= 0.3 is 5.97 Å². The van der Waals surface area contributed by atoms with Crippen LogP contribution in [0.15, 0.2) is 42.9 Å². The summed E-state index contributed by atoms with van der Waals surface area (Å²) in [6.45, 7) is 1.93. The Morgan fingerprint density at radius 3 is 2.83 bits per heavy atom. The summed E-state index contributed by atoms with van der Waals surface area (Å²) in [7, 11) is 0. The highest BCUT2D eigenvalue weighted by Gasteiger charge is 2.32. The van der Waals surface area contributed by atoms with Crippen LogP contribution in [0.4, 0.5) is 0 Å². The summed E-state index contributed by atoms with van der Waals surface area (Å²) in [5, 5.41) is 12.3. The van der Waals surface area contributed by atoms with Crippen LogP contribution in [0, 0.1) is 11.8 Å². The van der Waals surface area contributed by atoms with E-state index < -0.39 is 0 Å². The Kier molecular flexibility index (Phi) is 4.42. The summed E-state index contributed by atoms with van der Waals surface area (Å²) in [5.74, 6) is 0.171. The van der Waals surface area contributed by atoms with E-state index in [4.69, 9.17) is 4.84 Å². The quantitative estimate of drug-likeness (QED) is 0.493. The summed E-state index contributed by atoms with van der Waals surface area (Å²) < 4.78 is 1.92. The minimum absolute atomic E-state index is 0.221. The van der Waals surface area contributed by atoms with Gasteiger partial charge in [-0.3, -0.25) is 0 Å². The highest BCUT2D eigenvalue weighted by Crippen LogP contribution is 2.38. The number of pyridine rings is 1. The van der Waals surface area contributed by atoms with Crippen LogP contribution in [0.5, 0.6) is 0 Å². The summed E-state index contributed by atoms with van der Waals surface area (Å²) >= 11 is 0. The molecule has 1 atom stereocenters. The van der Waals surface area contributed by atoms with Crippen LogP contribution < -0.4 is 4.84 Å². The van der Waals surface area contributed by atoms with Gasteiger partial charge in [0.15, 0.2) is 5.65 Å². The fraction of sp³-hybridized carbons (Fsp3) is 0.400. The Hall–Kier alpha value is -3.36. The topological polar surface area (TPSA) is 100 Å². The largest absolute Gasteiger partial charge is 0.338 e. The molecule has 0 unspecified atom stereocenters. The number of hydrogen-bond donors (Lipinski definition) is 0. The number of carbonyl (C=O) groups is 1. The predicted octanol–water partition coefficient (Wildman–Crippen LogP) is 2.43. The molecule has 9 nitrogen and oxygen atoms in total. The zero-order chi connectivity index (χ0) is 19.8. The molecule has 0 aliphatic heterocycles. The average molecular weight is 391 g/mol. The van der Waals surface area contributed by atoms with Crippen LogP contribution in [0.3, 0.4) is 0 Å². The molecule has 1 aliphatic carbocycles. The molecule has 4 aromatic rings. The first-order valence-corrected chi connectivity index (χ1v) is 9.88. The van der Waals surface area contributed by atoms with Crippen LogP contribution in [0.2, 0.25) is 0 Å². The van der Waals surface area contributed by atoms with Crippen LogP contribution in [-0.2, 0) is 4.79 Å². The second-order valence-electron chi connectivity index (χ2n) is 7.59. The molecule has 4 heterocycles. The standard InChI is InChI=1S/C20H21N7O2/c1-13(20(28)29-27-19-16(24-25-27)3-2-10-22-19)14-4-6-15(7-5-14)17-8-11-21-18-9-12-23-26(17)18/h2-3,8-15H,4-7H2,1H3/t13-,14?,15?/m1/s1. The van der Waals surface area contributed by atoms with Gasteiger partial charge in [0.2, 0.25) is 5.65 Å². The van der Waals surface area contributed by atoms with Crippen LogP contribution >= 0.6 is 0 Å². The van der Waals surface area contributed by atoms with E-state index in [0.29, 0.717) is 17.1 Å². The molecule has 0 radical (unpaired) electrons. The fourth-order valence-electron chi connectivity index (χ4n) is 4.25. The molecule has 5 rings (SSSR count). The Morgan fingerprint density at radius 1 is 1.10 bits per heavy atom. The maximum atomic E-state index is 12.7. The molecule has 1 fully saturated rings. The molecule has 4 aromatic heterocycles. The molecule has 0 spiro atoms. The van der Waals surface area contributed by atoms with Crippen molar-refractivity contribution >= 4 is 22.8 Å². The molecule has 0 aromatic carbocycles. The smallest absolute Gasteiger partial charge is 0.315 e. The van der Waals surface area contributed by atoms with Crippen molar-refractivity contribution in [1.82, 2.24) is 34.7 Å². The molecule has 1 saturated carbocycles. The van der Waals surface area contributed by atoms with E-state index in [0.717, 1.165) is 36.2 Å². The summed E-state index contributed by atoms with van der Waals surface area (Å²) in [4.78, 5) is 27.8. The van der Waals surface area contributed by atoms with Gasteiger partial charge in [-0.15, -0.1) is 5.10 Å². The zero-order valence-corrected chi connectivity index (χ0v) is 16.0. The van der Waals surface area contributed by atoms with Gasteiger partial charge < -0.3 is 4.84 Å². The van der Waals surface area contributed by atoms with Crippen molar-refractivity contribution in [2.75, 3.05) is 0 Å². The molecule has 29 heavy (non-hydrogen) atoms. The Morgan fingerprint density at radius 2 is 1.97 bits per heavy atom. The molecule has 148 valence electrons. The van der Waals surface area contributed by atoms with Gasteiger partial charge in [-0.25, -0.2) is 19.3 Å². The highest BCUT2D eigenvalue weighted by atomic mass is 16.7. The number of hydrogen-bond acceptors (Lipinski definition) is 7. The van der Waals surface area contributed by atoms with Crippen molar-refractivity contribution in [3.05, 3.63) is 48.5 Å². The Balaban J connectivity index is 1.24. The molecular weight excluding hydrogens is 370 g/mol. The third-order valence-electron chi connectivity index (χ3n) is 5.95. The van der Waals surface area contributed by atoms with Crippen molar-refractivity contribution in [2.45, 2.75) is 38.5 Å². The van der Waals surface area contributed by atoms with Gasteiger partial charge in [0.1, 0.15) is 5.52 Å². The first-order valence-electron chi connectivity index (χ1n) is 9.88. The van der Waals surface area contributed by atoms with Crippen LogP contribution in [-0.4, -0.2) is 40.7 Å². The van der Waals surface area contributed by atoms with Crippen molar-refractivity contribution in [3.8, 4) is 0 Å². The number of rotatable bonds is 4. The maximum absolute atomic E-state index is 12.7. The normalized spacial score (nSPS) is 20.7. The zero-order valence-electron chi connectivity index (χ0n) is 16.0. The monoisotopic (exact) mass is 391 g/mol. The third-order valence-corrected chi connectivity index (χ3v) is 5.95. The molecule has 1 aliphatic rings. The van der Waals surface area contributed by atoms with Gasteiger partial charge in [0.05, 0.1) is 12.1 Å². The van der Waals surface area contributed by atoms with Crippen LogP contribution in [0.1, 0.15) is 44.2 Å². The summed E-state index contributed by atoms with van der Waals surface area (Å²) in [6, 6.07) is 7.51. The Bertz CT molecular complexity index is 1160. The molecular formula is C20H21N7O2. The van der Waals surface area contributed by atoms with Crippen molar-refractivity contribution < 1.29 is 9.63 Å². The van der Waals surface area contributed by atoms with Crippen molar-refractivity contribution in [3.63, 3.8) is 0 Å². The first kappa shape index (κ1) is 17.7. The van der Waals surface area contributed by atoms with Gasteiger partial charge in [0.25, 0.3) is 0 Å². The molecule has 0 saturated heterocycles. The second kappa shape index (κ2) is 7.23. The van der Waals surface area contributed by atoms with Crippen LogP contribution in [0.25, 0.3) is 16.8 Å². The van der Waals surface area contributed by atoms with E-state index in [2.05, 4.69) is 25.4 Å². The van der Waals surface area contributed by atoms with Gasteiger partial charge in [0, 0.05) is 30.1 Å². The molecule has 0 bridgehead atoms. The predicted molar refractivity (Wildman–Crippen MR) is 104 cm³/mol. The van der Waals surface area contributed by atoms with Crippen molar-refractivity contribution in [2.24, 2.45) is 11.8 Å². The van der Waals surface area contributed by atoms with Crippen molar-refractivity contribution in [1.29, 1.82) is 0 Å². The van der Waals surface area contributed by atoms with Gasteiger partial charge in [-0.1, -0.05) is 6.92 Å². The van der Waals surface area contributed by atoms with Gasteiger partial charge in [-0.05, 0) is 59.9 Å². The summed E-state index contributed by atoms with van der Waals surface area (Å²) in [5.41, 5.74) is 3.09. The lowest BCUT2D eigenvalue weighted by atomic mass is 9.75. The second-order valence-corrected chi connectivity index (χ2v) is 7.59. The van der Waals surface area contributed by atoms with E-state index >= 15 is 0 Å². The number of carbonyl (C=O) groups excluding carboxylic acids is 1. The molecule has 0 N–H and O–H groups in total. The fourth-order valence-corrected chi connectivity index (χ4v) is 4.25. The van der Waals surface area contributed by atoms with E-state index in [1.807, 2.05) is 29.8 Å². The minimum Gasteiger partial charge on any atom is -0.315 e. The lowest BCUT2D eigenvalue weighted by Gasteiger charge is -2.31.